The van der Waals surface area contributed by atoms with Crippen molar-refractivity contribution in [1.82, 2.24) is 4.68 Å². The van der Waals surface area contributed by atoms with Gasteiger partial charge in [-0.25, -0.2) is 4.79 Å². The van der Waals surface area contributed by atoms with Crippen LogP contribution in [-0.4, -0.2) is 24.4 Å². The van der Waals surface area contributed by atoms with Gasteiger partial charge in [0.2, 0.25) is 0 Å². The molecule has 116 valence electrons. The Labute approximate surface area is 129 Å². The number of esters is 1. The van der Waals surface area contributed by atoms with Gasteiger partial charge in [-0.1, -0.05) is 12.1 Å². The second-order valence-electron chi connectivity index (χ2n) is 5.44. The van der Waals surface area contributed by atoms with Crippen LogP contribution in [0.25, 0.3) is 11.1 Å². The SMILES string of the molecule is CCOC(=O)c1c(C2CC2)c(-c2cccc(OC)c2)cn1N. The van der Waals surface area contributed by atoms with Crippen LogP contribution in [0.1, 0.15) is 41.7 Å². The molecule has 0 saturated heterocycles. The van der Waals surface area contributed by atoms with E-state index in [2.05, 4.69) is 0 Å². The fourth-order valence-corrected chi connectivity index (χ4v) is 2.76. The first-order chi connectivity index (χ1) is 10.7. The Morgan fingerprint density at radius 1 is 1.41 bits per heavy atom. The number of rotatable bonds is 5. The second-order valence-corrected chi connectivity index (χ2v) is 5.44. The summed E-state index contributed by atoms with van der Waals surface area (Å²) in [6.45, 7) is 2.13. The number of aromatic nitrogens is 1. The lowest BCUT2D eigenvalue weighted by atomic mass is 9.99. The van der Waals surface area contributed by atoms with E-state index in [-0.39, 0.29) is 5.97 Å². The highest BCUT2D eigenvalue weighted by Gasteiger charge is 2.34. The van der Waals surface area contributed by atoms with E-state index in [1.165, 1.54) is 4.68 Å². The number of methoxy groups -OCH3 is 1. The van der Waals surface area contributed by atoms with Gasteiger partial charge in [-0.3, -0.25) is 4.68 Å². The van der Waals surface area contributed by atoms with Crippen molar-refractivity contribution in [1.29, 1.82) is 0 Å². The topological polar surface area (TPSA) is 66.5 Å². The molecule has 0 unspecified atom stereocenters. The minimum absolute atomic E-state index is 0.336. The summed E-state index contributed by atoms with van der Waals surface area (Å²) < 4.78 is 11.8. The zero-order valence-electron chi connectivity index (χ0n) is 12.8. The van der Waals surface area contributed by atoms with Crippen molar-refractivity contribution in [2.45, 2.75) is 25.7 Å². The van der Waals surface area contributed by atoms with Crippen molar-refractivity contribution in [2.24, 2.45) is 0 Å². The lowest BCUT2D eigenvalue weighted by molar-refractivity contribution is 0.0515. The first kappa shape index (κ1) is 14.5. The van der Waals surface area contributed by atoms with Crippen molar-refractivity contribution in [2.75, 3.05) is 19.6 Å². The highest BCUT2D eigenvalue weighted by Crippen LogP contribution is 2.47. The standard InChI is InChI=1S/C17H20N2O3/c1-3-22-17(20)16-15(11-7-8-11)14(10-19(16)18)12-5-4-6-13(9-12)21-2/h4-6,9-11H,3,7-8,18H2,1-2H3. The number of carbonyl (C=O) groups excluding carboxylic acids is 1. The first-order valence-corrected chi connectivity index (χ1v) is 7.47. The van der Waals surface area contributed by atoms with Crippen molar-refractivity contribution in [3.8, 4) is 16.9 Å². The van der Waals surface area contributed by atoms with Crippen molar-refractivity contribution in [3.05, 3.63) is 41.7 Å². The summed E-state index contributed by atoms with van der Waals surface area (Å²) in [5, 5.41) is 0. The Morgan fingerprint density at radius 3 is 2.82 bits per heavy atom. The van der Waals surface area contributed by atoms with E-state index in [4.69, 9.17) is 15.3 Å². The molecule has 0 amide bonds. The average molecular weight is 300 g/mol. The molecule has 2 N–H and O–H groups in total. The van der Waals surface area contributed by atoms with E-state index in [1.54, 1.807) is 20.2 Å². The van der Waals surface area contributed by atoms with Crippen LogP contribution in [0, 0.1) is 0 Å². The molecule has 3 rings (SSSR count). The van der Waals surface area contributed by atoms with Crippen LogP contribution in [0.3, 0.4) is 0 Å². The molecule has 0 spiro atoms. The number of ether oxygens (including phenoxy) is 2. The maximum Gasteiger partial charge on any atom is 0.357 e. The molecule has 5 nitrogen and oxygen atoms in total. The van der Waals surface area contributed by atoms with Gasteiger partial charge in [0, 0.05) is 11.8 Å². The summed E-state index contributed by atoms with van der Waals surface area (Å²) in [5.41, 5.74) is 3.43. The van der Waals surface area contributed by atoms with Crippen LogP contribution in [0.15, 0.2) is 30.5 Å². The molecule has 1 saturated carbocycles. The van der Waals surface area contributed by atoms with Gasteiger partial charge in [0.05, 0.1) is 13.7 Å². The molecule has 0 bridgehead atoms. The fourth-order valence-electron chi connectivity index (χ4n) is 2.76. The number of hydrogen-bond acceptors (Lipinski definition) is 4. The third-order valence-electron chi connectivity index (χ3n) is 3.91. The molecule has 1 heterocycles. The predicted molar refractivity (Wildman–Crippen MR) is 84.5 cm³/mol. The minimum atomic E-state index is -0.360. The van der Waals surface area contributed by atoms with Crippen LogP contribution >= 0.6 is 0 Å². The predicted octanol–water partition coefficient (Wildman–Crippen LogP) is 2.93. The summed E-state index contributed by atoms with van der Waals surface area (Å²) in [4.78, 5) is 12.2. The van der Waals surface area contributed by atoms with E-state index >= 15 is 0 Å². The molecule has 1 aromatic heterocycles. The Bertz CT molecular complexity index is 702. The van der Waals surface area contributed by atoms with Gasteiger partial charge in [-0.2, -0.15) is 0 Å². The van der Waals surface area contributed by atoms with Gasteiger partial charge in [-0.05, 0) is 48.9 Å². The van der Waals surface area contributed by atoms with Crippen LogP contribution < -0.4 is 10.6 Å². The number of carbonyl (C=O) groups is 1. The number of nitrogen functional groups attached to an aromatic ring is 1. The fraction of sp³-hybridized carbons (Fsp3) is 0.353. The molecular weight excluding hydrogens is 280 g/mol. The zero-order valence-corrected chi connectivity index (χ0v) is 12.8. The van der Waals surface area contributed by atoms with E-state index in [0.717, 1.165) is 35.3 Å². The molecule has 0 atom stereocenters. The van der Waals surface area contributed by atoms with E-state index in [1.807, 2.05) is 24.3 Å². The van der Waals surface area contributed by atoms with Gasteiger partial charge in [-0.15, -0.1) is 0 Å². The van der Waals surface area contributed by atoms with Crippen molar-refractivity contribution < 1.29 is 14.3 Å². The molecule has 0 aliphatic heterocycles. The molecular formula is C17H20N2O3. The summed E-state index contributed by atoms with van der Waals surface area (Å²) >= 11 is 0. The lowest BCUT2D eigenvalue weighted by Gasteiger charge is -2.08. The molecule has 1 aliphatic carbocycles. The third kappa shape index (κ3) is 2.54. The average Bonchev–Trinajstić information content (AvgIpc) is 3.30. The van der Waals surface area contributed by atoms with Crippen molar-refractivity contribution in [3.63, 3.8) is 0 Å². The van der Waals surface area contributed by atoms with Gasteiger partial charge in [0.1, 0.15) is 5.75 Å². The number of hydrogen-bond donors (Lipinski definition) is 1. The quantitative estimate of drug-likeness (QED) is 0.681. The molecule has 1 fully saturated rings. The third-order valence-corrected chi connectivity index (χ3v) is 3.91. The minimum Gasteiger partial charge on any atom is -0.497 e. The summed E-state index contributed by atoms with van der Waals surface area (Å²) in [7, 11) is 1.64. The molecule has 1 aromatic carbocycles. The highest BCUT2D eigenvalue weighted by atomic mass is 16.5. The van der Waals surface area contributed by atoms with Gasteiger partial charge >= 0.3 is 5.97 Å². The largest absolute Gasteiger partial charge is 0.497 e. The smallest absolute Gasteiger partial charge is 0.357 e. The Kier molecular flexibility index (Phi) is 3.79. The lowest BCUT2D eigenvalue weighted by Crippen LogP contribution is -2.18. The Balaban J connectivity index is 2.11. The van der Waals surface area contributed by atoms with Gasteiger partial charge < -0.3 is 15.3 Å². The summed E-state index contributed by atoms with van der Waals surface area (Å²) in [6.07, 6.45) is 3.95. The summed E-state index contributed by atoms with van der Waals surface area (Å²) in [6, 6.07) is 7.78. The normalized spacial score (nSPS) is 13.9. The van der Waals surface area contributed by atoms with Gasteiger partial charge in [0.15, 0.2) is 5.69 Å². The molecule has 5 heteroatoms. The van der Waals surface area contributed by atoms with Crippen LogP contribution in [0.2, 0.25) is 0 Å². The molecule has 0 radical (unpaired) electrons. The van der Waals surface area contributed by atoms with Crippen molar-refractivity contribution >= 4 is 5.97 Å². The Morgan fingerprint density at radius 2 is 2.18 bits per heavy atom. The number of nitrogens with two attached hydrogens (primary N) is 1. The van der Waals surface area contributed by atoms with Gasteiger partial charge in [0.25, 0.3) is 0 Å². The maximum absolute atomic E-state index is 12.2. The number of benzene rings is 1. The van der Waals surface area contributed by atoms with E-state index < -0.39 is 0 Å². The van der Waals surface area contributed by atoms with Crippen LogP contribution in [0.5, 0.6) is 5.75 Å². The second kappa shape index (κ2) is 5.75. The maximum atomic E-state index is 12.2. The molecule has 22 heavy (non-hydrogen) atoms. The zero-order chi connectivity index (χ0) is 15.7. The summed E-state index contributed by atoms with van der Waals surface area (Å²) in [5.74, 6) is 6.83. The first-order valence-electron chi connectivity index (χ1n) is 7.47. The number of nitrogens with zero attached hydrogens (tertiary/aromatic N) is 1. The van der Waals surface area contributed by atoms with E-state index in [0.29, 0.717) is 18.2 Å². The van der Waals surface area contributed by atoms with Crippen LogP contribution in [0.4, 0.5) is 0 Å². The monoisotopic (exact) mass is 300 g/mol. The molecule has 1 aliphatic rings. The van der Waals surface area contributed by atoms with E-state index in [9.17, 15) is 4.79 Å². The van der Waals surface area contributed by atoms with Crippen LogP contribution in [-0.2, 0) is 4.74 Å². The molecule has 2 aromatic rings. The highest BCUT2D eigenvalue weighted by molar-refractivity contribution is 5.93. The Hall–Kier alpha value is -2.43.